The molecular weight excluding hydrogens is 230 g/mol. The van der Waals surface area contributed by atoms with Gasteiger partial charge in [0.2, 0.25) is 0 Å². The van der Waals surface area contributed by atoms with Crippen molar-refractivity contribution in [1.29, 1.82) is 0 Å². The summed E-state index contributed by atoms with van der Waals surface area (Å²) in [6.07, 6.45) is 8.57. The van der Waals surface area contributed by atoms with Crippen LogP contribution in [-0.2, 0) is 0 Å². The van der Waals surface area contributed by atoms with Crippen LogP contribution >= 0.6 is 0 Å². The van der Waals surface area contributed by atoms with Gasteiger partial charge in [0, 0.05) is 24.1 Å². The summed E-state index contributed by atoms with van der Waals surface area (Å²) in [5.74, 6) is 3.20. The number of rotatable bonds is 5. The van der Waals surface area contributed by atoms with Gasteiger partial charge in [0.25, 0.3) is 0 Å². The Kier molecular flexibility index (Phi) is 6.43. The van der Waals surface area contributed by atoms with Gasteiger partial charge < -0.3 is 5.32 Å². The molecule has 0 spiro atoms. The van der Waals surface area contributed by atoms with E-state index in [2.05, 4.69) is 72.4 Å². The average molecular weight is 261 g/mol. The summed E-state index contributed by atoms with van der Waals surface area (Å²) in [5, 5.41) is 3.41. The Morgan fingerprint density at radius 3 is 2.16 bits per heavy atom. The van der Waals surface area contributed by atoms with Gasteiger partial charge >= 0.3 is 0 Å². The Balaban J connectivity index is 4.64. The van der Waals surface area contributed by atoms with E-state index in [1.54, 1.807) is 0 Å². The van der Waals surface area contributed by atoms with E-state index in [0.29, 0.717) is 5.92 Å². The topological polar surface area (TPSA) is 12.0 Å². The fraction of sp³-hybridized carbons (Fsp3) is 0.667. The molecule has 0 aliphatic carbocycles. The molecule has 0 aromatic rings. The summed E-state index contributed by atoms with van der Waals surface area (Å²) in [6.45, 7) is 20.3. The minimum absolute atomic E-state index is 0.0997. The maximum atomic E-state index is 5.47. The van der Waals surface area contributed by atoms with Crippen molar-refractivity contribution in [2.24, 2.45) is 16.7 Å². The van der Waals surface area contributed by atoms with Crippen molar-refractivity contribution >= 4 is 0 Å². The summed E-state index contributed by atoms with van der Waals surface area (Å²) in [6, 6.07) is 0. The Hall–Kier alpha value is -1.16. The highest BCUT2D eigenvalue weighted by atomic mass is 14.9. The molecular formula is C18H31N. The van der Waals surface area contributed by atoms with Crippen LogP contribution < -0.4 is 5.32 Å². The van der Waals surface area contributed by atoms with E-state index < -0.39 is 0 Å². The summed E-state index contributed by atoms with van der Waals surface area (Å²) in [7, 11) is 0. The lowest BCUT2D eigenvalue weighted by molar-refractivity contribution is 0.296. The SMILES string of the molecule is C#CCC(/C=C(/C)CNC(=C)C(C)(C)C)C(C)(C)C. The number of hydrogen-bond acceptors (Lipinski definition) is 1. The van der Waals surface area contributed by atoms with Gasteiger partial charge in [-0.25, -0.2) is 0 Å². The molecule has 0 fully saturated rings. The molecule has 0 amide bonds. The standard InChI is InChI=1S/C18H31N/c1-10-11-16(18(7,8)9)12-14(2)13-19-15(3)17(4,5)6/h1,12,16,19H,3,11,13H2,2,4-9H3/b14-12-. The van der Waals surface area contributed by atoms with E-state index in [9.17, 15) is 0 Å². The van der Waals surface area contributed by atoms with Crippen molar-refractivity contribution < 1.29 is 0 Å². The molecule has 1 unspecified atom stereocenters. The van der Waals surface area contributed by atoms with Crippen molar-refractivity contribution in [3.8, 4) is 12.3 Å². The van der Waals surface area contributed by atoms with Crippen LogP contribution in [0.3, 0.4) is 0 Å². The van der Waals surface area contributed by atoms with Crippen LogP contribution in [0.4, 0.5) is 0 Å². The maximum Gasteiger partial charge on any atom is 0.0354 e. The first-order valence-electron chi connectivity index (χ1n) is 7.02. The molecule has 1 N–H and O–H groups in total. The molecule has 108 valence electrons. The highest BCUT2D eigenvalue weighted by Gasteiger charge is 2.22. The molecule has 0 heterocycles. The number of terminal acetylenes is 1. The maximum absolute atomic E-state index is 5.47. The first-order chi connectivity index (χ1) is 8.48. The van der Waals surface area contributed by atoms with Crippen LogP contribution in [0, 0.1) is 29.1 Å². The third-order valence-electron chi connectivity index (χ3n) is 3.42. The second kappa shape index (κ2) is 6.85. The lowest BCUT2D eigenvalue weighted by Crippen LogP contribution is -2.25. The highest BCUT2D eigenvalue weighted by Crippen LogP contribution is 2.30. The molecule has 1 heteroatoms. The van der Waals surface area contributed by atoms with Gasteiger partial charge in [-0.1, -0.05) is 59.8 Å². The molecule has 1 nitrogen and oxygen atoms in total. The monoisotopic (exact) mass is 261 g/mol. The van der Waals surface area contributed by atoms with E-state index in [4.69, 9.17) is 6.42 Å². The van der Waals surface area contributed by atoms with Crippen LogP contribution in [0.15, 0.2) is 23.9 Å². The summed E-state index contributed by atoms with van der Waals surface area (Å²) in [5.41, 5.74) is 2.70. The molecule has 0 aliphatic heterocycles. The Bertz CT molecular complexity index is 366. The first kappa shape index (κ1) is 17.8. The summed E-state index contributed by atoms with van der Waals surface area (Å²) < 4.78 is 0. The second-order valence-corrected chi connectivity index (χ2v) is 7.48. The zero-order valence-corrected chi connectivity index (χ0v) is 13.9. The van der Waals surface area contributed by atoms with Gasteiger partial charge in [0.1, 0.15) is 0 Å². The van der Waals surface area contributed by atoms with Crippen LogP contribution in [0.5, 0.6) is 0 Å². The van der Waals surface area contributed by atoms with Gasteiger partial charge in [0.05, 0.1) is 0 Å². The predicted molar refractivity (Wildman–Crippen MR) is 86.7 cm³/mol. The minimum atomic E-state index is 0.0997. The summed E-state index contributed by atoms with van der Waals surface area (Å²) in [4.78, 5) is 0. The van der Waals surface area contributed by atoms with Gasteiger partial charge in [-0.15, -0.1) is 12.3 Å². The van der Waals surface area contributed by atoms with Crippen molar-refractivity contribution in [3.05, 3.63) is 23.9 Å². The zero-order chi connectivity index (χ0) is 15.3. The van der Waals surface area contributed by atoms with Crippen molar-refractivity contribution in [3.63, 3.8) is 0 Å². The highest BCUT2D eigenvalue weighted by molar-refractivity contribution is 5.12. The molecule has 0 saturated heterocycles. The molecule has 0 aliphatic rings. The van der Waals surface area contributed by atoms with E-state index in [1.165, 1.54) is 5.57 Å². The Morgan fingerprint density at radius 2 is 1.79 bits per heavy atom. The van der Waals surface area contributed by atoms with Crippen LogP contribution in [-0.4, -0.2) is 6.54 Å². The average Bonchev–Trinajstić information content (AvgIpc) is 2.22. The molecule has 0 aromatic heterocycles. The van der Waals surface area contributed by atoms with E-state index in [1.807, 2.05) is 0 Å². The number of hydrogen-bond donors (Lipinski definition) is 1. The van der Waals surface area contributed by atoms with Gasteiger partial charge in [0.15, 0.2) is 0 Å². The smallest absolute Gasteiger partial charge is 0.0354 e. The third kappa shape index (κ3) is 7.11. The van der Waals surface area contributed by atoms with Crippen LogP contribution in [0.2, 0.25) is 0 Å². The van der Waals surface area contributed by atoms with Gasteiger partial charge in [-0.3, -0.25) is 0 Å². The zero-order valence-electron chi connectivity index (χ0n) is 13.9. The number of allylic oxidation sites excluding steroid dienone is 2. The Morgan fingerprint density at radius 1 is 1.26 bits per heavy atom. The first-order valence-corrected chi connectivity index (χ1v) is 7.02. The molecule has 0 radical (unpaired) electrons. The summed E-state index contributed by atoms with van der Waals surface area (Å²) >= 11 is 0. The minimum Gasteiger partial charge on any atom is -0.385 e. The van der Waals surface area contributed by atoms with E-state index in [-0.39, 0.29) is 10.8 Å². The molecule has 19 heavy (non-hydrogen) atoms. The van der Waals surface area contributed by atoms with E-state index in [0.717, 1.165) is 18.7 Å². The predicted octanol–water partition coefficient (Wildman–Crippen LogP) is 4.77. The molecule has 1 atom stereocenters. The van der Waals surface area contributed by atoms with E-state index >= 15 is 0 Å². The molecule has 0 saturated carbocycles. The fourth-order valence-corrected chi connectivity index (χ4v) is 1.66. The Labute approximate surface area is 120 Å². The molecule has 0 rings (SSSR count). The number of nitrogens with one attached hydrogen (secondary N) is 1. The normalized spacial score (nSPS) is 14.7. The van der Waals surface area contributed by atoms with Gasteiger partial charge in [-0.05, 0) is 18.3 Å². The lowest BCUT2D eigenvalue weighted by atomic mass is 9.78. The van der Waals surface area contributed by atoms with Crippen molar-refractivity contribution in [1.82, 2.24) is 5.32 Å². The van der Waals surface area contributed by atoms with Gasteiger partial charge in [-0.2, -0.15) is 0 Å². The lowest BCUT2D eigenvalue weighted by Gasteiger charge is -2.28. The molecule has 0 aromatic carbocycles. The largest absolute Gasteiger partial charge is 0.385 e. The van der Waals surface area contributed by atoms with Crippen molar-refractivity contribution in [2.45, 2.75) is 54.9 Å². The van der Waals surface area contributed by atoms with Crippen LogP contribution in [0.1, 0.15) is 54.9 Å². The molecule has 0 bridgehead atoms. The third-order valence-corrected chi connectivity index (χ3v) is 3.42. The fourth-order valence-electron chi connectivity index (χ4n) is 1.66. The van der Waals surface area contributed by atoms with Crippen LogP contribution in [0.25, 0.3) is 0 Å². The quantitative estimate of drug-likeness (QED) is 0.555. The second-order valence-electron chi connectivity index (χ2n) is 7.48. The van der Waals surface area contributed by atoms with Crippen molar-refractivity contribution in [2.75, 3.05) is 6.54 Å².